The largest absolute Gasteiger partial charge is 0.300 e. The van der Waals surface area contributed by atoms with Crippen LogP contribution in [-0.2, 0) is 0 Å². The van der Waals surface area contributed by atoms with Gasteiger partial charge in [0, 0.05) is 43.2 Å². The number of benzene rings is 1. The predicted molar refractivity (Wildman–Crippen MR) is 83.1 cm³/mol. The average Bonchev–Trinajstić information content (AvgIpc) is 2.42. The van der Waals surface area contributed by atoms with E-state index in [1.165, 1.54) is 0 Å². The number of likely N-dealkylation sites (N-methyl/N-ethyl adjacent to an activating group) is 1. The average molecular weight is 274 g/mol. The molecule has 1 saturated heterocycles. The summed E-state index contributed by atoms with van der Waals surface area (Å²) in [6, 6.07) is 9.63. The Labute approximate surface area is 122 Å². The van der Waals surface area contributed by atoms with E-state index >= 15 is 0 Å². The van der Waals surface area contributed by atoms with Gasteiger partial charge in [-0.15, -0.1) is 0 Å². The lowest BCUT2D eigenvalue weighted by atomic mass is 9.95. The molecular formula is C17H26N2O. The van der Waals surface area contributed by atoms with Crippen LogP contribution in [0.3, 0.4) is 0 Å². The lowest BCUT2D eigenvalue weighted by Gasteiger charge is -2.45. The number of Topliss-reactive ketones (excluding diaryl/α,β-unsaturated/α-hetero) is 1. The van der Waals surface area contributed by atoms with Gasteiger partial charge in [0.25, 0.3) is 0 Å². The molecule has 1 fully saturated rings. The van der Waals surface area contributed by atoms with Crippen LogP contribution >= 0.6 is 0 Å². The number of ketones is 1. The van der Waals surface area contributed by atoms with Crippen LogP contribution in [0.4, 0.5) is 0 Å². The Bertz CT molecular complexity index is 455. The van der Waals surface area contributed by atoms with E-state index < -0.39 is 0 Å². The Morgan fingerprint density at radius 3 is 2.50 bits per heavy atom. The van der Waals surface area contributed by atoms with E-state index in [1.807, 2.05) is 37.3 Å². The second-order valence-corrected chi connectivity index (χ2v) is 6.60. The van der Waals surface area contributed by atoms with Crippen molar-refractivity contribution in [3.8, 4) is 0 Å². The molecule has 0 saturated carbocycles. The third-order valence-corrected chi connectivity index (χ3v) is 4.43. The van der Waals surface area contributed by atoms with Gasteiger partial charge < -0.3 is 0 Å². The SMILES string of the molecule is CC(CN1CCN(C)C(C)(C)C1)C(=O)c1ccccc1. The van der Waals surface area contributed by atoms with Crippen molar-refractivity contribution in [1.29, 1.82) is 0 Å². The van der Waals surface area contributed by atoms with Crippen LogP contribution in [0.15, 0.2) is 30.3 Å². The first-order valence-electron chi connectivity index (χ1n) is 7.43. The zero-order valence-corrected chi connectivity index (χ0v) is 13.1. The van der Waals surface area contributed by atoms with Gasteiger partial charge in [-0.1, -0.05) is 37.3 Å². The third-order valence-electron chi connectivity index (χ3n) is 4.43. The van der Waals surface area contributed by atoms with E-state index in [2.05, 4.69) is 30.7 Å². The van der Waals surface area contributed by atoms with E-state index in [9.17, 15) is 4.79 Å². The maximum Gasteiger partial charge on any atom is 0.166 e. The molecule has 0 amide bonds. The molecule has 20 heavy (non-hydrogen) atoms. The summed E-state index contributed by atoms with van der Waals surface area (Å²) in [6.07, 6.45) is 0. The summed E-state index contributed by atoms with van der Waals surface area (Å²) in [4.78, 5) is 17.2. The number of hydrogen-bond donors (Lipinski definition) is 0. The predicted octanol–water partition coefficient (Wildman–Crippen LogP) is 2.53. The van der Waals surface area contributed by atoms with Crippen molar-refractivity contribution < 1.29 is 4.79 Å². The van der Waals surface area contributed by atoms with Crippen molar-refractivity contribution >= 4 is 5.78 Å². The van der Waals surface area contributed by atoms with E-state index in [0.29, 0.717) is 0 Å². The summed E-state index contributed by atoms with van der Waals surface area (Å²) in [5.74, 6) is 0.305. The molecule has 1 aliphatic heterocycles. The molecule has 0 radical (unpaired) electrons. The van der Waals surface area contributed by atoms with Crippen LogP contribution in [0.2, 0.25) is 0 Å². The number of hydrogen-bond acceptors (Lipinski definition) is 3. The standard InChI is InChI=1S/C17H26N2O/c1-14(16(20)15-8-6-5-7-9-15)12-19-11-10-18(4)17(2,3)13-19/h5-9,14H,10-13H2,1-4H3. The molecule has 0 spiro atoms. The monoisotopic (exact) mass is 274 g/mol. The molecule has 1 aromatic carbocycles. The van der Waals surface area contributed by atoms with E-state index in [-0.39, 0.29) is 17.2 Å². The summed E-state index contributed by atoms with van der Waals surface area (Å²) in [5.41, 5.74) is 1.02. The lowest BCUT2D eigenvalue weighted by Crippen LogP contribution is -2.58. The molecule has 1 atom stereocenters. The minimum Gasteiger partial charge on any atom is -0.300 e. The molecular weight excluding hydrogens is 248 g/mol. The van der Waals surface area contributed by atoms with Gasteiger partial charge in [-0.05, 0) is 20.9 Å². The van der Waals surface area contributed by atoms with Gasteiger partial charge in [0.15, 0.2) is 5.78 Å². The summed E-state index contributed by atoms with van der Waals surface area (Å²) >= 11 is 0. The smallest absolute Gasteiger partial charge is 0.166 e. The highest BCUT2D eigenvalue weighted by Crippen LogP contribution is 2.20. The van der Waals surface area contributed by atoms with Gasteiger partial charge in [0.2, 0.25) is 0 Å². The minimum atomic E-state index is 0.0524. The van der Waals surface area contributed by atoms with Crippen LogP contribution in [0.25, 0.3) is 0 Å². The molecule has 1 aliphatic rings. The van der Waals surface area contributed by atoms with Crippen molar-refractivity contribution in [2.24, 2.45) is 5.92 Å². The third kappa shape index (κ3) is 3.47. The zero-order chi connectivity index (χ0) is 14.8. The van der Waals surface area contributed by atoms with Crippen LogP contribution in [0.1, 0.15) is 31.1 Å². The number of piperazine rings is 1. The van der Waals surface area contributed by atoms with Gasteiger partial charge in [-0.2, -0.15) is 0 Å². The zero-order valence-electron chi connectivity index (χ0n) is 13.1. The Morgan fingerprint density at radius 2 is 1.90 bits per heavy atom. The number of carbonyl (C=O) groups excluding carboxylic acids is 1. The van der Waals surface area contributed by atoms with E-state index in [1.54, 1.807) is 0 Å². The van der Waals surface area contributed by atoms with Gasteiger partial charge in [-0.3, -0.25) is 14.6 Å². The van der Waals surface area contributed by atoms with Crippen molar-refractivity contribution in [3.05, 3.63) is 35.9 Å². The first-order chi connectivity index (χ1) is 9.40. The summed E-state index contributed by atoms with van der Waals surface area (Å²) in [6.45, 7) is 10.6. The minimum absolute atomic E-state index is 0.0524. The van der Waals surface area contributed by atoms with Crippen LogP contribution < -0.4 is 0 Å². The number of carbonyl (C=O) groups is 1. The number of rotatable bonds is 4. The molecule has 0 bridgehead atoms. The Morgan fingerprint density at radius 1 is 1.25 bits per heavy atom. The molecule has 2 rings (SSSR count). The maximum absolute atomic E-state index is 12.4. The summed E-state index contributed by atoms with van der Waals surface area (Å²) < 4.78 is 0. The van der Waals surface area contributed by atoms with Crippen LogP contribution in [0, 0.1) is 5.92 Å². The van der Waals surface area contributed by atoms with Crippen LogP contribution in [0.5, 0.6) is 0 Å². The first-order valence-corrected chi connectivity index (χ1v) is 7.43. The summed E-state index contributed by atoms with van der Waals surface area (Å²) in [5, 5.41) is 0. The van der Waals surface area contributed by atoms with Crippen LogP contribution in [-0.4, -0.2) is 54.3 Å². The molecule has 0 aromatic heterocycles. The first kappa shape index (κ1) is 15.2. The lowest BCUT2D eigenvalue weighted by molar-refractivity contribution is 0.0326. The molecule has 0 N–H and O–H groups in total. The molecule has 1 aromatic rings. The van der Waals surface area contributed by atoms with E-state index in [4.69, 9.17) is 0 Å². The summed E-state index contributed by atoms with van der Waals surface area (Å²) in [7, 11) is 2.18. The molecule has 3 heteroatoms. The second-order valence-electron chi connectivity index (χ2n) is 6.60. The molecule has 1 unspecified atom stereocenters. The maximum atomic E-state index is 12.4. The van der Waals surface area contributed by atoms with E-state index in [0.717, 1.165) is 31.7 Å². The highest BCUT2D eigenvalue weighted by atomic mass is 16.1. The van der Waals surface area contributed by atoms with Gasteiger partial charge in [0.05, 0.1) is 0 Å². The Kier molecular flexibility index (Phi) is 4.61. The molecule has 0 aliphatic carbocycles. The van der Waals surface area contributed by atoms with Crippen molar-refractivity contribution in [2.45, 2.75) is 26.3 Å². The fraction of sp³-hybridized carbons (Fsp3) is 0.588. The Balaban J connectivity index is 1.95. The topological polar surface area (TPSA) is 23.6 Å². The normalized spacial score (nSPS) is 21.6. The fourth-order valence-electron chi connectivity index (χ4n) is 2.85. The quantitative estimate of drug-likeness (QED) is 0.788. The Hall–Kier alpha value is -1.19. The molecule has 3 nitrogen and oxygen atoms in total. The number of nitrogens with zero attached hydrogens (tertiary/aromatic N) is 2. The second kappa shape index (κ2) is 6.06. The highest BCUT2D eigenvalue weighted by molar-refractivity contribution is 5.97. The molecule has 1 heterocycles. The van der Waals surface area contributed by atoms with Gasteiger partial charge >= 0.3 is 0 Å². The van der Waals surface area contributed by atoms with Gasteiger partial charge in [0.1, 0.15) is 0 Å². The van der Waals surface area contributed by atoms with Crippen molar-refractivity contribution in [1.82, 2.24) is 9.80 Å². The van der Waals surface area contributed by atoms with Crippen molar-refractivity contribution in [2.75, 3.05) is 33.2 Å². The van der Waals surface area contributed by atoms with Crippen molar-refractivity contribution in [3.63, 3.8) is 0 Å². The van der Waals surface area contributed by atoms with Gasteiger partial charge in [-0.25, -0.2) is 0 Å². The fourth-order valence-corrected chi connectivity index (χ4v) is 2.85. The highest BCUT2D eigenvalue weighted by Gasteiger charge is 2.32. The molecule has 110 valence electrons.